The van der Waals surface area contributed by atoms with E-state index in [4.69, 9.17) is 0 Å². The van der Waals surface area contributed by atoms with Crippen LogP contribution < -0.4 is 0 Å². The minimum absolute atomic E-state index is 0.0648. The average Bonchev–Trinajstić information content (AvgIpc) is 2.62. The third-order valence-corrected chi connectivity index (χ3v) is 1.60. The summed E-state index contributed by atoms with van der Waals surface area (Å²) in [7, 11) is 0. The lowest BCUT2D eigenvalue weighted by Crippen LogP contribution is -2.04. The normalized spacial score (nSPS) is 10.6. The number of aromatic amines is 1. The maximum absolute atomic E-state index is 12.0. The molecule has 0 bridgehead atoms. The summed E-state index contributed by atoms with van der Waals surface area (Å²) in [6, 6.07) is 5.78. The predicted octanol–water partition coefficient (Wildman–Crippen LogP) is 3.39. The Morgan fingerprint density at radius 2 is 1.59 bits per heavy atom. The highest BCUT2D eigenvalue weighted by Crippen LogP contribution is 2.28. The Balaban J connectivity index is 0.000000202. The summed E-state index contributed by atoms with van der Waals surface area (Å²) < 4.78 is 58.8. The lowest BCUT2D eigenvalue weighted by Gasteiger charge is -2.00. The monoisotopic (exact) mass is 250 g/mol. The minimum Gasteiger partial charge on any atom is -0.325 e. The van der Waals surface area contributed by atoms with Crippen LogP contribution in [0.3, 0.4) is 0 Å². The lowest BCUT2D eigenvalue weighted by molar-refractivity contribution is -0.141. The molecular weight excluding hydrogens is 243 g/mol. The molecule has 0 atom stereocenters. The Labute approximate surface area is 93.1 Å². The van der Waals surface area contributed by atoms with Gasteiger partial charge in [-0.25, -0.2) is 4.39 Å². The van der Waals surface area contributed by atoms with Gasteiger partial charge in [0.25, 0.3) is 0 Å². The molecule has 0 aliphatic carbocycles. The molecule has 1 N–H and O–H groups in total. The third kappa shape index (κ3) is 4.21. The number of rotatable bonds is 0. The zero-order valence-corrected chi connectivity index (χ0v) is 8.30. The van der Waals surface area contributed by atoms with E-state index in [0.717, 1.165) is 0 Å². The van der Waals surface area contributed by atoms with Crippen LogP contribution in [0.15, 0.2) is 36.7 Å². The van der Waals surface area contributed by atoms with Crippen LogP contribution in [0.4, 0.5) is 22.0 Å². The van der Waals surface area contributed by atoms with Crippen molar-refractivity contribution in [2.45, 2.75) is 6.18 Å². The largest absolute Gasteiger partial charge is 0.431 e. The number of halogens is 5. The van der Waals surface area contributed by atoms with Gasteiger partial charge in [0.1, 0.15) is 5.69 Å². The average molecular weight is 250 g/mol. The molecule has 0 radical (unpaired) electrons. The van der Waals surface area contributed by atoms with E-state index in [9.17, 15) is 22.0 Å². The van der Waals surface area contributed by atoms with Gasteiger partial charge in [-0.2, -0.15) is 17.6 Å². The van der Waals surface area contributed by atoms with Gasteiger partial charge in [0.15, 0.2) is 5.82 Å². The zero-order chi connectivity index (χ0) is 12.9. The second-order valence-corrected chi connectivity index (χ2v) is 2.87. The minimum atomic E-state index is -4.73. The molecule has 2 nitrogen and oxygen atoms in total. The maximum atomic E-state index is 12.0. The zero-order valence-electron chi connectivity index (χ0n) is 8.30. The molecule has 7 heteroatoms. The quantitative estimate of drug-likeness (QED) is 0.713. The Morgan fingerprint density at radius 3 is 1.76 bits per heavy atom. The third-order valence-electron chi connectivity index (χ3n) is 1.60. The van der Waals surface area contributed by atoms with Crippen LogP contribution in [0.1, 0.15) is 5.69 Å². The van der Waals surface area contributed by atoms with E-state index in [2.05, 4.69) is 4.98 Å². The summed E-state index contributed by atoms with van der Waals surface area (Å²) in [4.78, 5) is 5.00. The van der Waals surface area contributed by atoms with Crippen molar-refractivity contribution in [2.24, 2.45) is 0 Å². The van der Waals surface area contributed by atoms with Crippen molar-refractivity contribution < 1.29 is 22.0 Å². The highest BCUT2D eigenvalue weighted by atomic mass is 19.4. The van der Waals surface area contributed by atoms with E-state index in [-0.39, 0.29) is 6.07 Å². The van der Waals surface area contributed by atoms with Crippen molar-refractivity contribution in [3.8, 4) is 0 Å². The summed E-state index contributed by atoms with van der Waals surface area (Å²) >= 11 is 0. The second kappa shape index (κ2) is 5.42. The van der Waals surface area contributed by atoms with Crippen LogP contribution in [-0.2, 0) is 6.18 Å². The first-order chi connectivity index (χ1) is 7.91. The van der Waals surface area contributed by atoms with Crippen LogP contribution in [-0.4, -0.2) is 9.97 Å². The number of hydrogen-bond acceptors (Lipinski definition) is 1. The van der Waals surface area contributed by atoms with Crippen molar-refractivity contribution >= 4 is 0 Å². The molecule has 0 spiro atoms. The number of nitrogens with zero attached hydrogens (tertiary/aromatic N) is 1. The highest BCUT2D eigenvalue weighted by Gasteiger charge is 2.33. The summed E-state index contributed by atoms with van der Waals surface area (Å²) in [5, 5.41) is 0. The molecule has 0 unspecified atom stereocenters. The first-order valence-electron chi connectivity index (χ1n) is 4.37. The Bertz CT molecular complexity index is 403. The molecule has 2 aromatic rings. The predicted molar refractivity (Wildman–Crippen MR) is 49.9 cm³/mol. The van der Waals surface area contributed by atoms with Gasteiger partial charge in [0, 0.05) is 18.5 Å². The van der Waals surface area contributed by atoms with Crippen LogP contribution in [0.2, 0.25) is 0 Å². The summed E-state index contributed by atoms with van der Waals surface area (Å²) in [5.41, 5.74) is -1.42. The number of hydrogen-bond donors (Lipinski definition) is 1. The van der Waals surface area contributed by atoms with Crippen molar-refractivity contribution in [3.05, 3.63) is 54.1 Å². The number of aromatic nitrogens is 2. The van der Waals surface area contributed by atoms with E-state index in [1.54, 1.807) is 12.4 Å². The summed E-state index contributed by atoms with van der Waals surface area (Å²) in [5.74, 6) is -3.13. The van der Waals surface area contributed by atoms with Gasteiger partial charge in [-0.3, -0.25) is 4.98 Å². The molecule has 0 aliphatic heterocycles. The standard InChI is InChI=1S/C5H2F5N.C5H5N/c6-2-1-3(5(8,9)10)11-4(2)7;1-2-4-6-5-3-1/h1,11H;1-5H. The molecule has 2 aromatic heterocycles. The number of alkyl halides is 3. The van der Waals surface area contributed by atoms with Crippen LogP contribution in [0.5, 0.6) is 0 Å². The molecule has 2 rings (SSSR count). The molecule has 0 saturated heterocycles. The molecule has 17 heavy (non-hydrogen) atoms. The van der Waals surface area contributed by atoms with Gasteiger partial charge < -0.3 is 4.98 Å². The first-order valence-corrected chi connectivity index (χ1v) is 4.37. The first kappa shape index (κ1) is 13.1. The fourth-order valence-corrected chi connectivity index (χ4v) is 0.869. The smallest absolute Gasteiger partial charge is 0.325 e. The van der Waals surface area contributed by atoms with Gasteiger partial charge in [-0.05, 0) is 12.1 Å². The number of pyridine rings is 1. The Morgan fingerprint density at radius 1 is 1.00 bits per heavy atom. The Hall–Kier alpha value is -1.92. The molecule has 0 aromatic carbocycles. The molecule has 2 heterocycles. The van der Waals surface area contributed by atoms with Gasteiger partial charge in [-0.15, -0.1) is 0 Å². The van der Waals surface area contributed by atoms with Crippen LogP contribution >= 0.6 is 0 Å². The van der Waals surface area contributed by atoms with E-state index >= 15 is 0 Å². The summed E-state index contributed by atoms with van der Waals surface area (Å²) in [6.45, 7) is 0. The lowest BCUT2D eigenvalue weighted by atomic mass is 10.4. The molecule has 0 saturated carbocycles. The topological polar surface area (TPSA) is 28.7 Å². The van der Waals surface area contributed by atoms with E-state index in [1.807, 2.05) is 18.2 Å². The molecule has 0 aliphatic rings. The van der Waals surface area contributed by atoms with Gasteiger partial charge in [0.05, 0.1) is 0 Å². The second-order valence-electron chi connectivity index (χ2n) is 2.87. The van der Waals surface area contributed by atoms with Crippen molar-refractivity contribution in [2.75, 3.05) is 0 Å². The van der Waals surface area contributed by atoms with Gasteiger partial charge >= 0.3 is 6.18 Å². The van der Waals surface area contributed by atoms with Crippen molar-refractivity contribution in [1.82, 2.24) is 9.97 Å². The van der Waals surface area contributed by atoms with Crippen LogP contribution in [0, 0.1) is 11.8 Å². The van der Waals surface area contributed by atoms with E-state index in [1.165, 1.54) is 4.98 Å². The Kier molecular flexibility index (Phi) is 4.19. The molecular formula is C10H7F5N2. The fraction of sp³-hybridized carbons (Fsp3) is 0.100. The highest BCUT2D eigenvalue weighted by molar-refractivity contribution is 5.10. The van der Waals surface area contributed by atoms with E-state index < -0.39 is 23.6 Å². The SMILES string of the molecule is Fc1cc(C(F)(F)F)[nH]c1F.c1ccncc1. The van der Waals surface area contributed by atoms with E-state index in [0.29, 0.717) is 0 Å². The fourth-order valence-electron chi connectivity index (χ4n) is 0.869. The number of nitrogens with one attached hydrogen (secondary N) is 1. The van der Waals surface area contributed by atoms with Crippen molar-refractivity contribution in [1.29, 1.82) is 0 Å². The molecule has 0 fully saturated rings. The molecule has 92 valence electrons. The van der Waals surface area contributed by atoms with Gasteiger partial charge in [0.2, 0.25) is 5.95 Å². The maximum Gasteiger partial charge on any atom is 0.431 e. The summed E-state index contributed by atoms with van der Waals surface area (Å²) in [6.07, 6.45) is -1.23. The molecule has 0 amide bonds. The van der Waals surface area contributed by atoms with Crippen molar-refractivity contribution in [3.63, 3.8) is 0 Å². The number of H-pyrrole nitrogens is 1. The van der Waals surface area contributed by atoms with Crippen LogP contribution in [0.25, 0.3) is 0 Å². The van der Waals surface area contributed by atoms with Gasteiger partial charge in [-0.1, -0.05) is 6.07 Å².